The summed E-state index contributed by atoms with van der Waals surface area (Å²) in [6.45, 7) is 9.35. The van der Waals surface area contributed by atoms with Gasteiger partial charge in [-0.3, -0.25) is 14.7 Å². The van der Waals surface area contributed by atoms with Crippen molar-refractivity contribution in [3.05, 3.63) is 59.4 Å². The number of hydrogen-bond donors (Lipinski definition) is 0. The number of fused-ring (bicyclic) bond motifs is 1. The molecule has 0 aliphatic carbocycles. The summed E-state index contributed by atoms with van der Waals surface area (Å²) >= 11 is 0. The molecule has 0 unspecified atom stereocenters. The Balaban J connectivity index is 1.17. The van der Waals surface area contributed by atoms with Crippen LogP contribution in [0.3, 0.4) is 0 Å². The Morgan fingerprint density at radius 2 is 1.81 bits per heavy atom. The summed E-state index contributed by atoms with van der Waals surface area (Å²) in [6, 6.07) is 10.5. The third-order valence-electron chi connectivity index (χ3n) is 7.37. The average molecular weight is 420 g/mol. The summed E-state index contributed by atoms with van der Waals surface area (Å²) in [4.78, 5) is 21.4. The molecule has 0 radical (unpaired) electrons. The predicted molar refractivity (Wildman–Crippen MR) is 121 cm³/mol. The van der Waals surface area contributed by atoms with Crippen LogP contribution in [0.15, 0.2) is 42.7 Å². The van der Waals surface area contributed by atoms with E-state index in [1.54, 1.807) is 12.4 Å². The van der Waals surface area contributed by atoms with Gasteiger partial charge in [0.25, 0.3) is 0 Å². The molecule has 0 bridgehead atoms. The zero-order chi connectivity index (χ0) is 21.5. The number of rotatable bonds is 4. The first kappa shape index (κ1) is 20.5. The average Bonchev–Trinajstić information content (AvgIpc) is 3.29. The van der Waals surface area contributed by atoms with Crippen LogP contribution in [-0.4, -0.2) is 52.5 Å². The van der Waals surface area contributed by atoms with Crippen molar-refractivity contribution < 1.29 is 9.53 Å². The van der Waals surface area contributed by atoms with Gasteiger partial charge in [-0.05, 0) is 68.3 Å². The standard InChI is InChI=1S/C26H33N3O2/c1-25(2)17-21-4-3-5-22(24(21)31-25)18-28-13-8-26(19-28)9-14-29(15-10-26)23(30)16-20-6-11-27-12-7-20/h3-7,11-12H,8-10,13-19H2,1-2H3. The minimum Gasteiger partial charge on any atom is -0.487 e. The van der Waals surface area contributed by atoms with E-state index in [1.165, 1.54) is 17.5 Å². The maximum absolute atomic E-state index is 12.7. The van der Waals surface area contributed by atoms with Gasteiger partial charge in [0.05, 0.1) is 6.42 Å². The zero-order valence-electron chi connectivity index (χ0n) is 18.8. The Labute approximate surface area is 185 Å². The SMILES string of the molecule is CC1(C)Cc2cccc(CN3CCC4(CCN(C(=O)Cc5ccncc5)CC4)C3)c2O1. The molecule has 1 amide bonds. The molecule has 5 rings (SSSR count). The van der Waals surface area contributed by atoms with Gasteiger partial charge in [0.15, 0.2) is 0 Å². The van der Waals surface area contributed by atoms with Crippen LogP contribution in [-0.2, 0) is 24.2 Å². The van der Waals surface area contributed by atoms with Crippen LogP contribution in [0, 0.1) is 5.41 Å². The number of likely N-dealkylation sites (tertiary alicyclic amines) is 2. The molecule has 1 aromatic heterocycles. The van der Waals surface area contributed by atoms with Crippen molar-refractivity contribution in [3.63, 3.8) is 0 Å². The Bertz CT molecular complexity index is 948. The number of pyridine rings is 1. The Kier molecular flexibility index (Phi) is 5.25. The summed E-state index contributed by atoms with van der Waals surface area (Å²) in [5.41, 5.74) is 3.99. The highest BCUT2D eigenvalue weighted by molar-refractivity contribution is 5.78. The lowest BCUT2D eigenvalue weighted by Gasteiger charge is -2.39. The molecule has 0 atom stereocenters. The lowest BCUT2D eigenvalue weighted by atomic mass is 9.77. The van der Waals surface area contributed by atoms with E-state index in [0.717, 1.165) is 63.3 Å². The van der Waals surface area contributed by atoms with Gasteiger partial charge in [0.1, 0.15) is 11.4 Å². The van der Waals surface area contributed by atoms with E-state index in [2.05, 4.69) is 46.8 Å². The number of benzene rings is 1. The molecule has 5 heteroatoms. The predicted octanol–water partition coefficient (Wildman–Crippen LogP) is 3.85. The van der Waals surface area contributed by atoms with Crippen molar-refractivity contribution in [1.29, 1.82) is 0 Å². The second-order valence-electron chi connectivity index (χ2n) is 10.3. The first-order chi connectivity index (χ1) is 14.9. The van der Waals surface area contributed by atoms with Gasteiger partial charge in [0.2, 0.25) is 5.91 Å². The molecule has 2 aromatic rings. The Morgan fingerprint density at radius 1 is 1.06 bits per heavy atom. The molecule has 2 saturated heterocycles. The quantitative estimate of drug-likeness (QED) is 0.755. The monoisotopic (exact) mass is 419 g/mol. The maximum Gasteiger partial charge on any atom is 0.226 e. The van der Waals surface area contributed by atoms with Gasteiger partial charge >= 0.3 is 0 Å². The molecule has 3 aliphatic rings. The second kappa shape index (κ2) is 7.94. The van der Waals surface area contributed by atoms with Crippen LogP contribution in [0.5, 0.6) is 5.75 Å². The highest BCUT2D eigenvalue weighted by atomic mass is 16.5. The van der Waals surface area contributed by atoms with Crippen LogP contribution in [0.25, 0.3) is 0 Å². The molecule has 3 aliphatic heterocycles. The summed E-state index contributed by atoms with van der Waals surface area (Å²) in [6.07, 6.45) is 8.45. The molecule has 0 N–H and O–H groups in total. The van der Waals surface area contributed by atoms with E-state index in [-0.39, 0.29) is 11.5 Å². The van der Waals surface area contributed by atoms with Gasteiger partial charge < -0.3 is 9.64 Å². The van der Waals surface area contributed by atoms with Gasteiger partial charge in [-0.15, -0.1) is 0 Å². The van der Waals surface area contributed by atoms with Crippen LogP contribution in [0.4, 0.5) is 0 Å². The van der Waals surface area contributed by atoms with Crippen LogP contribution in [0.2, 0.25) is 0 Å². The van der Waals surface area contributed by atoms with E-state index in [0.29, 0.717) is 11.8 Å². The van der Waals surface area contributed by atoms with Crippen molar-refractivity contribution in [3.8, 4) is 5.75 Å². The van der Waals surface area contributed by atoms with Crippen LogP contribution >= 0.6 is 0 Å². The van der Waals surface area contributed by atoms with Crippen molar-refractivity contribution in [2.45, 2.75) is 58.1 Å². The van der Waals surface area contributed by atoms with Crippen molar-refractivity contribution in [2.24, 2.45) is 5.41 Å². The summed E-state index contributed by atoms with van der Waals surface area (Å²) < 4.78 is 6.29. The number of nitrogens with zero attached hydrogens (tertiary/aromatic N) is 3. The first-order valence-corrected chi connectivity index (χ1v) is 11.6. The number of aromatic nitrogens is 1. The molecule has 2 fully saturated rings. The number of piperidine rings is 1. The van der Waals surface area contributed by atoms with Gasteiger partial charge in [-0.1, -0.05) is 18.2 Å². The fraction of sp³-hybridized carbons (Fsp3) is 0.538. The molecule has 1 spiro atoms. The normalized spacial score (nSPS) is 21.8. The van der Waals surface area contributed by atoms with E-state index >= 15 is 0 Å². The third-order valence-corrected chi connectivity index (χ3v) is 7.37. The number of carbonyl (C=O) groups excluding carboxylic acids is 1. The molecule has 164 valence electrons. The molecule has 1 aromatic carbocycles. The molecular formula is C26H33N3O2. The van der Waals surface area contributed by atoms with Crippen molar-refractivity contribution in [1.82, 2.24) is 14.8 Å². The van der Waals surface area contributed by atoms with Gasteiger partial charge in [-0.2, -0.15) is 0 Å². The fourth-order valence-corrected chi connectivity index (χ4v) is 5.63. The molecule has 0 saturated carbocycles. The molecule has 31 heavy (non-hydrogen) atoms. The summed E-state index contributed by atoms with van der Waals surface area (Å²) in [5.74, 6) is 1.36. The highest BCUT2D eigenvalue weighted by Gasteiger charge is 2.41. The molecular weight excluding hydrogens is 386 g/mol. The second-order valence-corrected chi connectivity index (χ2v) is 10.3. The van der Waals surface area contributed by atoms with Crippen LogP contribution in [0.1, 0.15) is 49.8 Å². The molecule has 4 heterocycles. The van der Waals surface area contributed by atoms with Crippen molar-refractivity contribution >= 4 is 5.91 Å². The topological polar surface area (TPSA) is 45.7 Å². The lowest BCUT2D eigenvalue weighted by molar-refractivity contribution is -0.132. The van der Waals surface area contributed by atoms with Gasteiger partial charge in [0, 0.05) is 50.6 Å². The Morgan fingerprint density at radius 3 is 2.58 bits per heavy atom. The summed E-state index contributed by atoms with van der Waals surface area (Å²) in [7, 11) is 0. The minimum absolute atomic E-state index is 0.0969. The minimum atomic E-state index is -0.0969. The number of hydrogen-bond acceptors (Lipinski definition) is 4. The summed E-state index contributed by atoms with van der Waals surface area (Å²) in [5, 5.41) is 0. The third kappa shape index (κ3) is 4.33. The number of carbonyl (C=O) groups is 1. The smallest absolute Gasteiger partial charge is 0.226 e. The number of para-hydroxylation sites is 1. The largest absolute Gasteiger partial charge is 0.487 e. The van der Waals surface area contributed by atoms with Crippen molar-refractivity contribution in [2.75, 3.05) is 26.2 Å². The molecule has 5 nitrogen and oxygen atoms in total. The van der Waals surface area contributed by atoms with E-state index in [9.17, 15) is 4.79 Å². The zero-order valence-corrected chi connectivity index (χ0v) is 18.8. The maximum atomic E-state index is 12.7. The van der Waals surface area contributed by atoms with Crippen LogP contribution < -0.4 is 4.74 Å². The number of ether oxygens (including phenoxy) is 1. The Hall–Kier alpha value is -2.40. The van der Waals surface area contributed by atoms with E-state index in [4.69, 9.17) is 4.74 Å². The number of amides is 1. The van der Waals surface area contributed by atoms with E-state index in [1.807, 2.05) is 12.1 Å². The van der Waals surface area contributed by atoms with E-state index < -0.39 is 0 Å². The fourth-order valence-electron chi connectivity index (χ4n) is 5.63. The first-order valence-electron chi connectivity index (χ1n) is 11.6. The van der Waals surface area contributed by atoms with Gasteiger partial charge in [-0.25, -0.2) is 0 Å². The lowest BCUT2D eigenvalue weighted by Crippen LogP contribution is -2.44. The highest BCUT2D eigenvalue weighted by Crippen LogP contribution is 2.43.